The van der Waals surface area contributed by atoms with E-state index in [-0.39, 0.29) is 18.3 Å². The van der Waals surface area contributed by atoms with Gasteiger partial charge in [-0.15, -0.1) is 0 Å². The van der Waals surface area contributed by atoms with Crippen LogP contribution in [-0.2, 0) is 14.3 Å². The van der Waals surface area contributed by atoms with Crippen molar-refractivity contribution in [1.29, 1.82) is 0 Å². The number of carbonyl (C=O) groups is 2. The van der Waals surface area contributed by atoms with Crippen molar-refractivity contribution >= 4 is 11.9 Å². The average Bonchev–Trinajstić information content (AvgIpc) is 2.60. The molecule has 0 spiro atoms. The number of esters is 1. The molecule has 0 aliphatic rings. The van der Waals surface area contributed by atoms with Crippen molar-refractivity contribution in [1.82, 2.24) is 4.90 Å². The number of carbonyl (C=O) groups excluding carboxylic acids is 2. The van der Waals surface area contributed by atoms with Crippen LogP contribution in [0.25, 0.3) is 0 Å². The van der Waals surface area contributed by atoms with E-state index in [1.165, 1.54) is 0 Å². The molecule has 0 aromatic heterocycles. The minimum Gasteiger partial charge on any atom is -0.497 e. The van der Waals surface area contributed by atoms with Crippen molar-refractivity contribution in [3.05, 3.63) is 24.3 Å². The fraction of sp³-hybridized carbons (Fsp3) is 0.556. The van der Waals surface area contributed by atoms with Gasteiger partial charge in [0.2, 0.25) is 5.91 Å². The summed E-state index contributed by atoms with van der Waals surface area (Å²) in [6.45, 7) is 5.47. The first-order valence-corrected chi connectivity index (χ1v) is 8.30. The fourth-order valence-corrected chi connectivity index (χ4v) is 2.16. The first kappa shape index (κ1) is 19.8. The Balaban J connectivity index is 2.26. The van der Waals surface area contributed by atoms with Crippen LogP contribution in [-0.4, -0.2) is 50.2 Å². The highest BCUT2D eigenvalue weighted by Gasteiger charge is 2.13. The number of ether oxygens (including phenoxy) is 3. The third-order valence-electron chi connectivity index (χ3n) is 3.49. The quantitative estimate of drug-likeness (QED) is 0.459. The van der Waals surface area contributed by atoms with Crippen molar-refractivity contribution in [2.45, 2.75) is 33.1 Å². The topological polar surface area (TPSA) is 65.1 Å². The number of rotatable bonds is 11. The Labute approximate surface area is 143 Å². The van der Waals surface area contributed by atoms with Crippen molar-refractivity contribution in [3.63, 3.8) is 0 Å². The van der Waals surface area contributed by atoms with Crippen LogP contribution in [0.4, 0.5) is 0 Å². The number of methoxy groups -OCH3 is 1. The third kappa shape index (κ3) is 7.35. The lowest BCUT2D eigenvalue weighted by Gasteiger charge is -2.20. The highest BCUT2D eigenvalue weighted by atomic mass is 16.5. The SMILES string of the molecule is CCOC(=O)CCN(CC)C(=O)CCCOc1ccc(OC)cc1. The Hall–Kier alpha value is -2.24. The normalized spacial score (nSPS) is 10.1. The predicted molar refractivity (Wildman–Crippen MR) is 91.2 cm³/mol. The summed E-state index contributed by atoms with van der Waals surface area (Å²) in [4.78, 5) is 25.2. The van der Waals surface area contributed by atoms with Crippen LogP contribution in [0, 0.1) is 0 Å². The van der Waals surface area contributed by atoms with Gasteiger partial charge in [0, 0.05) is 19.5 Å². The summed E-state index contributed by atoms with van der Waals surface area (Å²) in [6.07, 6.45) is 1.25. The lowest BCUT2D eigenvalue weighted by atomic mass is 10.2. The smallest absolute Gasteiger partial charge is 0.307 e. The second-order valence-corrected chi connectivity index (χ2v) is 5.16. The first-order chi connectivity index (χ1) is 11.6. The van der Waals surface area contributed by atoms with Gasteiger partial charge in [0.05, 0.1) is 26.7 Å². The minimum atomic E-state index is -0.272. The van der Waals surface area contributed by atoms with E-state index >= 15 is 0 Å². The molecular weight excluding hydrogens is 310 g/mol. The summed E-state index contributed by atoms with van der Waals surface area (Å²) < 4.78 is 15.6. The standard InChI is InChI=1S/C18H27NO5/c1-4-19(13-12-18(21)23-5-2)17(20)7-6-14-24-16-10-8-15(22-3)9-11-16/h8-11H,4-7,12-14H2,1-3H3. The lowest BCUT2D eigenvalue weighted by Crippen LogP contribution is -2.33. The number of benzene rings is 1. The maximum absolute atomic E-state index is 12.1. The van der Waals surface area contributed by atoms with Crippen LogP contribution >= 0.6 is 0 Å². The van der Waals surface area contributed by atoms with Crippen molar-refractivity contribution in [2.24, 2.45) is 0 Å². The minimum absolute atomic E-state index is 0.0279. The molecule has 1 amide bonds. The van der Waals surface area contributed by atoms with Crippen LogP contribution in [0.3, 0.4) is 0 Å². The average molecular weight is 337 g/mol. The van der Waals surface area contributed by atoms with Gasteiger partial charge in [-0.05, 0) is 44.5 Å². The maximum atomic E-state index is 12.1. The Morgan fingerprint density at radius 3 is 2.29 bits per heavy atom. The Morgan fingerprint density at radius 1 is 1.04 bits per heavy atom. The van der Waals surface area contributed by atoms with Crippen LogP contribution < -0.4 is 9.47 Å². The fourth-order valence-electron chi connectivity index (χ4n) is 2.16. The van der Waals surface area contributed by atoms with E-state index in [1.54, 1.807) is 18.9 Å². The van der Waals surface area contributed by atoms with Crippen LogP contribution in [0.15, 0.2) is 24.3 Å². The van der Waals surface area contributed by atoms with Crippen LogP contribution in [0.5, 0.6) is 11.5 Å². The van der Waals surface area contributed by atoms with Crippen molar-refractivity contribution in [2.75, 3.05) is 33.4 Å². The Kier molecular flexibility index (Phi) is 9.34. The van der Waals surface area contributed by atoms with Gasteiger partial charge in [-0.1, -0.05) is 0 Å². The maximum Gasteiger partial charge on any atom is 0.307 e. The molecule has 0 heterocycles. The van der Waals surface area contributed by atoms with Gasteiger partial charge in [0.25, 0.3) is 0 Å². The molecule has 1 rings (SSSR count). The molecule has 0 unspecified atom stereocenters. The summed E-state index contributed by atoms with van der Waals surface area (Å²) in [5, 5.41) is 0. The van der Waals surface area contributed by atoms with Crippen LogP contribution in [0.2, 0.25) is 0 Å². The van der Waals surface area contributed by atoms with Crippen molar-refractivity contribution < 1.29 is 23.8 Å². The molecule has 6 heteroatoms. The van der Waals surface area contributed by atoms with Gasteiger partial charge in [-0.3, -0.25) is 9.59 Å². The van der Waals surface area contributed by atoms with E-state index in [2.05, 4.69) is 0 Å². The monoisotopic (exact) mass is 337 g/mol. The molecule has 0 aliphatic carbocycles. The second kappa shape index (κ2) is 11.3. The number of amides is 1. The van der Waals surface area contributed by atoms with Crippen molar-refractivity contribution in [3.8, 4) is 11.5 Å². The summed E-state index contributed by atoms with van der Waals surface area (Å²) in [7, 11) is 1.61. The molecule has 24 heavy (non-hydrogen) atoms. The molecule has 0 saturated carbocycles. The molecule has 1 aromatic rings. The zero-order chi connectivity index (χ0) is 17.8. The molecule has 1 aromatic carbocycles. The zero-order valence-corrected chi connectivity index (χ0v) is 14.7. The van der Waals surface area contributed by atoms with Crippen LogP contribution in [0.1, 0.15) is 33.1 Å². The molecule has 0 radical (unpaired) electrons. The number of hydrogen-bond acceptors (Lipinski definition) is 5. The Bertz CT molecular complexity index is 501. The van der Waals surface area contributed by atoms with Gasteiger partial charge in [-0.25, -0.2) is 0 Å². The van der Waals surface area contributed by atoms with Gasteiger partial charge in [-0.2, -0.15) is 0 Å². The Morgan fingerprint density at radius 2 is 1.71 bits per heavy atom. The molecule has 0 atom stereocenters. The predicted octanol–water partition coefficient (Wildman–Crippen LogP) is 2.66. The molecule has 134 valence electrons. The van der Waals surface area contributed by atoms with Gasteiger partial charge in [0.1, 0.15) is 11.5 Å². The molecule has 0 saturated heterocycles. The molecule has 0 N–H and O–H groups in total. The first-order valence-electron chi connectivity index (χ1n) is 8.30. The van der Waals surface area contributed by atoms with E-state index in [1.807, 2.05) is 31.2 Å². The molecular formula is C18H27NO5. The largest absolute Gasteiger partial charge is 0.497 e. The molecule has 0 bridgehead atoms. The molecule has 6 nitrogen and oxygen atoms in total. The lowest BCUT2D eigenvalue weighted by molar-refractivity contribution is -0.144. The highest BCUT2D eigenvalue weighted by molar-refractivity contribution is 5.77. The highest BCUT2D eigenvalue weighted by Crippen LogP contribution is 2.17. The zero-order valence-electron chi connectivity index (χ0n) is 14.7. The van der Waals surface area contributed by atoms with E-state index in [9.17, 15) is 9.59 Å². The molecule has 0 fully saturated rings. The number of hydrogen-bond donors (Lipinski definition) is 0. The summed E-state index contributed by atoms with van der Waals surface area (Å²) in [6, 6.07) is 7.32. The molecule has 0 aliphatic heterocycles. The second-order valence-electron chi connectivity index (χ2n) is 5.16. The van der Waals surface area contributed by atoms with Gasteiger partial charge >= 0.3 is 5.97 Å². The van der Waals surface area contributed by atoms with E-state index in [0.717, 1.165) is 11.5 Å². The van der Waals surface area contributed by atoms with Gasteiger partial charge < -0.3 is 19.1 Å². The van der Waals surface area contributed by atoms with E-state index < -0.39 is 0 Å². The van der Waals surface area contributed by atoms with Gasteiger partial charge in [0.15, 0.2) is 0 Å². The van der Waals surface area contributed by atoms with E-state index in [0.29, 0.717) is 39.1 Å². The number of nitrogens with zero attached hydrogens (tertiary/aromatic N) is 1. The summed E-state index contributed by atoms with van der Waals surface area (Å²) in [5.74, 6) is 1.28. The summed E-state index contributed by atoms with van der Waals surface area (Å²) in [5.41, 5.74) is 0. The summed E-state index contributed by atoms with van der Waals surface area (Å²) >= 11 is 0. The third-order valence-corrected chi connectivity index (χ3v) is 3.49. The van der Waals surface area contributed by atoms with E-state index in [4.69, 9.17) is 14.2 Å².